The number of nitrogens with zero attached hydrogens (tertiary/aromatic N) is 1. The van der Waals surface area contributed by atoms with E-state index in [1.807, 2.05) is 43.3 Å². The number of rotatable bonds is 3. The molecule has 1 aromatic carbocycles. The first-order chi connectivity index (χ1) is 9.13. The highest BCUT2D eigenvalue weighted by Gasteiger charge is 2.17. The van der Waals surface area contributed by atoms with E-state index in [9.17, 15) is 4.79 Å². The number of hydrogen-bond acceptors (Lipinski definition) is 3. The van der Waals surface area contributed by atoms with Gasteiger partial charge in [0.2, 0.25) is 0 Å². The minimum atomic E-state index is -0.367. The van der Waals surface area contributed by atoms with E-state index in [1.165, 1.54) is 7.11 Å². The molecule has 0 radical (unpaired) electrons. The number of carbonyl (C=O) groups excluding carboxylic acids is 1. The first-order valence-corrected chi connectivity index (χ1v) is 6.83. The van der Waals surface area contributed by atoms with Crippen molar-refractivity contribution in [3.05, 3.63) is 53.7 Å². The molecule has 0 amide bonds. The molecule has 0 spiro atoms. The molecule has 0 N–H and O–H groups in total. The van der Waals surface area contributed by atoms with E-state index < -0.39 is 0 Å². The van der Waals surface area contributed by atoms with Crippen molar-refractivity contribution >= 4 is 21.9 Å². The Morgan fingerprint density at radius 1 is 1.21 bits per heavy atom. The highest BCUT2D eigenvalue weighted by Crippen LogP contribution is 2.27. The maximum atomic E-state index is 11.7. The molecule has 0 aliphatic rings. The molecule has 3 nitrogen and oxygen atoms in total. The molecule has 1 unspecified atom stereocenters. The van der Waals surface area contributed by atoms with Crippen LogP contribution >= 0.6 is 15.9 Å². The molecule has 0 aliphatic carbocycles. The minimum Gasteiger partial charge on any atom is -0.465 e. The lowest BCUT2D eigenvalue weighted by atomic mass is 10.1. The molecule has 19 heavy (non-hydrogen) atoms. The number of esters is 1. The lowest BCUT2D eigenvalue weighted by molar-refractivity contribution is 0.0599. The fourth-order valence-corrected chi connectivity index (χ4v) is 2.18. The van der Waals surface area contributed by atoms with Crippen LogP contribution in [0.25, 0.3) is 11.3 Å². The van der Waals surface area contributed by atoms with Gasteiger partial charge in [0.25, 0.3) is 0 Å². The summed E-state index contributed by atoms with van der Waals surface area (Å²) < 4.78 is 4.77. The summed E-state index contributed by atoms with van der Waals surface area (Å²) in [4.78, 5) is 16.2. The molecular weight excluding hydrogens is 306 g/mol. The van der Waals surface area contributed by atoms with E-state index >= 15 is 0 Å². The first kappa shape index (κ1) is 13.7. The maximum Gasteiger partial charge on any atom is 0.339 e. The molecule has 2 rings (SSSR count). The van der Waals surface area contributed by atoms with Crippen LogP contribution in [0.3, 0.4) is 0 Å². The van der Waals surface area contributed by atoms with Crippen LogP contribution < -0.4 is 0 Å². The van der Waals surface area contributed by atoms with Crippen LogP contribution in [0.5, 0.6) is 0 Å². The van der Waals surface area contributed by atoms with Crippen LogP contribution in [-0.4, -0.2) is 18.1 Å². The molecule has 0 saturated heterocycles. The number of alkyl halides is 1. The second kappa shape index (κ2) is 5.97. The Kier molecular flexibility index (Phi) is 4.32. The molecule has 2 aromatic rings. The molecular formula is C15H14BrNO2. The topological polar surface area (TPSA) is 39.2 Å². The fourth-order valence-electron chi connectivity index (χ4n) is 1.83. The van der Waals surface area contributed by atoms with Gasteiger partial charge in [-0.15, -0.1) is 0 Å². The number of carbonyl (C=O) groups is 1. The summed E-state index contributed by atoms with van der Waals surface area (Å²) in [5, 5.41) is 0. The van der Waals surface area contributed by atoms with Gasteiger partial charge in [-0.1, -0.05) is 46.3 Å². The lowest BCUT2D eigenvalue weighted by Crippen LogP contribution is -2.08. The average Bonchev–Trinajstić information content (AvgIpc) is 2.46. The second-order valence-corrected chi connectivity index (χ2v) is 5.48. The highest BCUT2D eigenvalue weighted by atomic mass is 79.9. The van der Waals surface area contributed by atoms with E-state index in [0.717, 1.165) is 11.3 Å². The van der Waals surface area contributed by atoms with Crippen molar-refractivity contribution in [1.82, 2.24) is 4.98 Å². The van der Waals surface area contributed by atoms with Gasteiger partial charge in [-0.2, -0.15) is 0 Å². The van der Waals surface area contributed by atoms with Gasteiger partial charge in [-0.3, -0.25) is 4.98 Å². The SMILES string of the molecule is COC(=O)c1ccc(-c2ccccc2)nc1C(C)Br. The van der Waals surface area contributed by atoms with Crippen molar-refractivity contribution in [2.45, 2.75) is 11.8 Å². The third-order valence-electron chi connectivity index (χ3n) is 2.78. The predicted octanol–water partition coefficient (Wildman–Crippen LogP) is 3.99. The molecule has 4 heteroatoms. The van der Waals surface area contributed by atoms with Gasteiger partial charge in [0.1, 0.15) is 0 Å². The molecule has 98 valence electrons. The van der Waals surface area contributed by atoms with Crippen molar-refractivity contribution in [2.24, 2.45) is 0 Å². The Labute approximate surface area is 120 Å². The second-order valence-electron chi connectivity index (χ2n) is 4.10. The summed E-state index contributed by atoms with van der Waals surface area (Å²) in [7, 11) is 1.37. The molecule has 0 bridgehead atoms. The number of methoxy groups -OCH3 is 1. The van der Waals surface area contributed by atoms with E-state index in [1.54, 1.807) is 6.07 Å². The van der Waals surface area contributed by atoms with Gasteiger partial charge in [0, 0.05) is 5.56 Å². The maximum absolute atomic E-state index is 11.7. The molecule has 0 fully saturated rings. The van der Waals surface area contributed by atoms with Crippen molar-refractivity contribution in [2.75, 3.05) is 7.11 Å². The zero-order valence-electron chi connectivity index (χ0n) is 10.8. The van der Waals surface area contributed by atoms with Gasteiger partial charge in [-0.05, 0) is 19.1 Å². The summed E-state index contributed by atoms with van der Waals surface area (Å²) in [5.74, 6) is -0.367. The van der Waals surface area contributed by atoms with Crippen molar-refractivity contribution < 1.29 is 9.53 Å². The van der Waals surface area contributed by atoms with Gasteiger partial charge < -0.3 is 4.74 Å². The molecule has 1 heterocycles. The number of benzene rings is 1. The summed E-state index contributed by atoms with van der Waals surface area (Å²) in [6.07, 6.45) is 0. The Morgan fingerprint density at radius 2 is 1.89 bits per heavy atom. The number of pyridine rings is 1. The molecule has 0 saturated carbocycles. The molecule has 1 aromatic heterocycles. The van der Waals surface area contributed by atoms with E-state index in [0.29, 0.717) is 11.3 Å². The van der Waals surface area contributed by atoms with Gasteiger partial charge in [0.15, 0.2) is 0 Å². The number of ether oxygens (including phenoxy) is 1. The van der Waals surface area contributed by atoms with Crippen molar-refractivity contribution in [3.8, 4) is 11.3 Å². The van der Waals surface area contributed by atoms with Gasteiger partial charge in [-0.25, -0.2) is 4.79 Å². The lowest BCUT2D eigenvalue weighted by Gasteiger charge is -2.11. The number of aromatic nitrogens is 1. The third-order valence-corrected chi connectivity index (χ3v) is 3.21. The third kappa shape index (κ3) is 3.01. The van der Waals surface area contributed by atoms with E-state index in [2.05, 4.69) is 20.9 Å². The molecule has 0 aliphatic heterocycles. The van der Waals surface area contributed by atoms with E-state index in [-0.39, 0.29) is 10.8 Å². The standard InChI is InChI=1S/C15H14BrNO2/c1-10(16)14-12(15(18)19-2)8-9-13(17-14)11-6-4-3-5-7-11/h3-10H,1-2H3. The highest BCUT2D eigenvalue weighted by molar-refractivity contribution is 9.09. The first-order valence-electron chi connectivity index (χ1n) is 5.92. The van der Waals surface area contributed by atoms with Gasteiger partial charge >= 0.3 is 5.97 Å². The van der Waals surface area contributed by atoms with Crippen LogP contribution in [0.1, 0.15) is 27.8 Å². The van der Waals surface area contributed by atoms with Gasteiger partial charge in [0.05, 0.1) is 28.9 Å². The zero-order valence-corrected chi connectivity index (χ0v) is 12.3. The normalized spacial score (nSPS) is 11.9. The quantitative estimate of drug-likeness (QED) is 0.634. The van der Waals surface area contributed by atoms with Crippen LogP contribution in [0, 0.1) is 0 Å². The van der Waals surface area contributed by atoms with Crippen LogP contribution in [-0.2, 0) is 4.74 Å². The Hall–Kier alpha value is -1.68. The Bertz CT molecular complexity index is 582. The summed E-state index contributed by atoms with van der Waals surface area (Å²) in [6.45, 7) is 1.93. The van der Waals surface area contributed by atoms with E-state index in [4.69, 9.17) is 4.74 Å². The summed E-state index contributed by atoms with van der Waals surface area (Å²) in [5.41, 5.74) is 3.04. The number of halogens is 1. The van der Waals surface area contributed by atoms with Crippen LogP contribution in [0.15, 0.2) is 42.5 Å². The molecule has 1 atom stereocenters. The van der Waals surface area contributed by atoms with Crippen molar-refractivity contribution in [3.63, 3.8) is 0 Å². The fraction of sp³-hybridized carbons (Fsp3) is 0.200. The zero-order chi connectivity index (χ0) is 13.8. The largest absolute Gasteiger partial charge is 0.465 e. The smallest absolute Gasteiger partial charge is 0.339 e. The minimum absolute atomic E-state index is 0.0229. The van der Waals surface area contributed by atoms with Crippen molar-refractivity contribution in [1.29, 1.82) is 0 Å². The average molecular weight is 320 g/mol. The summed E-state index contributed by atoms with van der Waals surface area (Å²) >= 11 is 3.47. The Balaban J connectivity index is 2.51. The van der Waals surface area contributed by atoms with Crippen LogP contribution in [0.2, 0.25) is 0 Å². The Morgan fingerprint density at radius 3 is 2.47 bits per heavy atom. The number of hydrogen-bond donors (Lipinski definition) is 0. The van der Waals surface area contributed by atoms with Crippen LogP contribution in [0.4, 0.5) is 0 Å². The predicted molar refractivity (Wildman–Crippen MR) is 78.4 cm³/mol. The summed E-state index contributed by atoms with van der Waals surface area (Å²) in [6, 6.07) is 13.5. The monoisotopic (exact) mass is 319 g/mol.